The molecule has 0 radical (unpaired) electrons. The van der Waals surface area contributed by atoms with E-state index in [-0.39, 0.29) is 11.7 Å². The van der Waals surface area contributed by atoms with E-state index in [9.17, 15) is 9.18 Å². The third-order valence-electron chi connectivity index (χ3n) is 4.15. The Bertz CT molecular complexity index is 924. The molecule has 0 N–H and O–H groups in total. The van der Waals surface area contributed by atoms with Gasteiger partial charge in [0, 0.05) is 18.6 Å². The number of carbonyl (C=O) groups is 1. The first-order valence-corrected chi connectivity index (χ1v) is 8.51. The highest BCUT2D eigenvalue weighted by atomic mass is 35.5. The quantitative estimate of drug-likeness (QED) is 0.686. The Morgan fingerprint density at radius 3 is 2.65 bits per heavy atom. The van der Waals surface area contributed by atoms with Gasteiger partial charge < -0.3 is 4.90 Å². The zero-order valence-corrected chi connectivity index (χ0v) is 15.2. The maximum Gasteiger partial charge on any atom is 0.276 e. The molecule has 1 amide bonds. The van der Waals surface area contributed by atoms with Crippen molar-refractivity contribution in [3.8, 4) is 5.69 Å². The number of halogens is 2. The predicted molar refractivity (Wildman–Crippen MR) is 98.2 cm³/mol. The Morgan fingerprint density at radius 2 is 1.96 bits per heavy atom. The Kier molecular flexibility index (Phi) is 5.32. The van der Waals surface area contributed by atoms with Crippen LogP contribution in [0.5, 0.6) is 0 Å². The van der Waals surface area contributed by atoms with Gasteiger partial charge in [-0.15, -0.1) is 5.10 Å². The van der Waals surface area contributed by atoms with Crippen LogP contribution in [0.25, 0.3) is 5.69 Å². The minimum atomic E-state index is -0.272. The summed E-state index contributed by atoms with van der Waals surface area (Å²) in [4.78, 5) is 14.3. The van der Waals surface area contributed by atoms with E-state index in [0.717, 1.165) is 11.3 Å². The summed E-state index contributed by atoms with van der Waals surface area (Å²) in [6.45, 7) is 2.29. The Morgan fingerprint density at radius 1 is 1.23 bits per heavy atom. The number of carbonyl (C=O) groups excluding carboxylic acids is 1. The fourth-order valence-corrected chi connectivity index (χ4v) is 2.79. The SMILES string of the molecule is Cc1c(C(=O)N(C)CCc2ccc(F)cc2)nnn1-c1cccc(Cl)c1. The van der Waals surface area contributed by atoms with Gasteiger partial charge in [0.05, 0.1) is 11.4 Å². The van der Waals surface area contributed by atoms with E-state index in [2.05, 4.69) is 10.3 Å². The zero-order valence-electron chi connectivity index (χ0n) is 14.5. The van der Waals surface area contributed by atoms with Gasteiger partial charge in [-0.3, -0.25) is 4.79 Å². The number of hydrogen-bond donors (Lipinski definition) is 0. The summed E-state index contributed by atoms with van der Waals surface area (Å²) in [5.74, 6) is -0.482. The topological polar surface area (TPSA) is 51.0 Å². The average molecular weight is 373 g/mol. The molecule has 7 heteroatoms. The van der Waals surface area contributed by atoms with E-state index in [4.69, 9.17) is 11.6 Å². The average Bonchev–Trinajstić information content (AvgIpc) is 3.01. The highest BCUT2D eigenvalue weighted by Gasteiger charge is 2.20. The summed E-state index contributed by atoms with van der Waals surface area (Å²) in [5.41, 5.74) is 2.65. The van der Waals surface area contributed by atoms with Gasteiger partial charge in [0.25, 0.3) is 5.91 Å². The van der Waals surface area contributed by atoms with Crippen LogP contribution in [0.15, 0.2) is 48.5 Å². The van der Waals surface area contributed by atoms with Crippen LogP contribution in [0, 0.1) is 12.7 Å². The van der Waals surface area contributed by atoms with Gasteiger partial charge in [-0.05, 0) is 49.2 Å². The monoisotopic (exact) mass is 372 g/mol. The molecule has 0 unspecified atom stereocenters. The fraction of sp³-hybridized carbons (Fsp3) is 0.211. The Balaban J connectivity index is 1.72. The number of rotatable bonds is 5. The standard InChI is InChI=1S/C19H18ClFN4O/c1-13-18(22-23-25(13)17-5-3-4-15(20)12-17)19(26)24(2)11-10-14-6-8-16(21)9-7-14/h3-9,12H,10-11H2,1-2H3. The second-order valence-electron chi connectivity index (χ2n) is 6.02. The number of likely N-dealkylation sites (N-methyl/N-ethyl adjacent to an activating group) is 1. The van der Waals surface area contributed by atoms with Crippen LogP contribution in [-0.4, -0.2) is 39.4 Å². The number of hydrogen-bond acceptors (Lipinski definition) is 3. The van der Waals surface area contributed by atoms with Crippen LogP contribution in [0.2, 0.25) is 5.02 Å². The molecule has 3 rings (SSSR count). The molecule has 1 aromatic heterocycles. The second-order valence-corrected chi connectivity index (χ2v) is 6.45. The molecule has 5 nitrogen and oxygen atoms in total. The maximum atomic E-state index is 13.0. The molecule has 0 saturated heterocycles. The van der Waals surface area contributed by atoms with Crippen molar-refractivity contribution in [2.24, 2.45) is 0 Å². The van der Waals surface area contributed by atoms with E-state index in [0.29, 0.717) is 29.4 Å². The van der Waals surface area contributed by atoms with Crippen LogP contribution in [0.4, 0.5) is 4.39 Å². The van der Waals surface area contributed by atoms with Gasteiger partial charge in [-0.1, -0.05) is 35.0 Å². The minimum absolute atomic E-state index is 0.210. The molecule has 3 aromatic rings. The molecule has 2 aromatic carbocycles. The van der Waals surface area contributed by atoms with E-state index in [1.54, 1.807) is 47.8 Å². The fourth-order valence-electron chi connectivity index (χ4n) is 2.61. The van der Waals surface area contributed by atoms with Crippen molar-refractivity contribution in [2.45, 2.75) is 13.3 Å². The van der Waals surface area contributed by atoms with Crippen molar-refractivity contribution >= 4 is 17.5 Å². The minimum Gasteiger partial charge on any atom is -0.340 e. The highest BCUT2D eigenvalue weighted by Crippen LogP contribution is 2.17. The molecule has 134 valence electrons. The molecule has 0 fully saturated rings. The maximum absolute atomic E-state index is 13.0. The van der Waals surface area contributed by atoms with Gasteiger partial charge in [0.1, 0.15) is 5.82 Å². The first-order valence-electron chi connectivity index (χ1n) is 8.14. The zero-order chi connectivity index (χ0) is 18.7. The third-order valence-corrected chi connectivity index (χ3v) is 4.38. The Hall–Kier alpha value is -2.73. The lowest BCUT2D eigenvalue weighted by Gasteiger charge is -2.16. The summed E-state index contributed by atoms with van der Waals surface area (Å²) in [7, 11) is 1.71. The normalized spacial score (nSPS) is 10.8. The summed E-state index contributed by atoms with van der Waals surface area (Å²) < 4.78 is 14.5. The number of amides is 1. The first-order chi connectivity index (χ1) is 12.5. The highest BCUT2D eigenvalue weighted by molar-refractivity contribution is 6.30. The molecule has 1 heterocycles. The summed E-state index contributed by atoms with van der Waals surface area (Å²) in [6, 6.07) is 13.5. The predicted octanol–water partition coefficient (Wildman–Crippen LogP) is 3.68. The lowest BCUT2D eigenvalue weighted by atomic mass is 10.1. The van der Waals surface area contributed by atoms with Gasteiger partial charge in [-0.2, -0.15) is 0 Å². The largest absolute Gasteiger partial charge is 0.340 e. The molecule has 0 aliphatic heterocycles. The summed E-state index contributed by atoms with van der Waals surface area (Å²) in [6.07, 6.45) is 0.629. The number of nitrogens with zero attached hydrogens (tertiary/aromatic N) is 4. The van der Waals surface area contributed by atoms with Crippen LogP contribution < -0.4 is 0 Å². The number of aromatic nitrogens is 3. The van der Waals surface area contributed by atoms with Crippen LogP contribution in [0.1, 0.15) is 21.7 Å². The molecule has 26 heavy (non-hydrogen) atoms. The molecule has 0 aliphatic rings. The lowest BCUT2D eigenvalue weighted by Crippen LogP contribution is -2.29. The van der Waals surface area contributed by atoms with Crippen LogP contribution in [0.3, 0.4) is 0 Å². The molecule has 0 atom stereocenters. The van der Waals surface area contributed by atoms with Crippen molar-refractivity contribution in [3.63, 3.8) is 0 Å². The molecule has 0 spiro atoms. The molecule has 0 bridgehead atoms. The summed E-state index contributed by atoms with van der Waals surface area (Å²) >= 11 is 6.02. The Labute approximate surface area is 156 Å². The smallest absolute Gasteiger partial charge is 0.276 e. The van der Waals surface area contributed by atoms with E-state index < -0.39 is 0 Å². The van der Waals surface area contributed by atoms with Crippen molar-refractivity contribution in [1.82, 2.24) is 19.9 Å². The molecule has 0 aliphatic carbocycles. The van der Waals surface area contributed by atoms with E-state index >= 15 is 0 Å². The van der Waals surface area contributed by atoms with Crippen molar-refractivity contribution in [2.75, 3.05) is 13.6 Å². The van der Waals surface area contributed by atoms with Gasteiger partial charge in [0.15, 0.2) is 5.69 Å². The van der Waals surface area contributed by atoms with Gasteiger partial charge in [0.2, 0.25) is 0 Å². The van der Waals surface area contributed by atoms with Gasteiger partial charge >= 0.3 is 0 Å². The van der Waals surface area contributed by atoms with Crippen LogP contribution >= 0.6 is 11.6 Å². The molecular weight excluding hydrogens is 355 g/mol. The van der Waals surface area contributed by atoms with E-state index in [1.165, 1.54) is 12.1 Å². The van der Waals surface area contributed by atoms with Crippen molar-refractivity contribution in [1.29, 1.82) is 0 Å². The molecular formula is C19H18ClFN4O. The third kappa shape index (κ3) is 3.91. The summed E-state index contributed by atoms with van der Waals surface area (Å²) in [5, 5.41) is 8.70. The second kappa shape index (κ2) is 7.66. The van der Waals surface area contributed by atoms with Gasteiger partial charge in [-0.25, -0.2) is 9.07 Å². The van der Waals surface area contributed by atoms with Crippen molar-refractivity contribution in [3.05, 3.63) is 76.3 Å². The van der Waals surface area contributed by atoms with Crippen LogP contribution in [-0.2, 0) is 6.42 Å². The lowest BCUT2D eigenvalue weighted by molar-refractivity contribution is 0.0790. The van der Waals surface area contributed by atoms with Crippen molar-refractivity contribution < 1.29 is 9.18 Å². The van der Waals surface area contributed by atoms with E-state index in [1.807, 2.05) is 12.1 Å². The number of benzene rings is 2. The molecule has 0 saturated carbocycles. The first kappa shape index (κ1) is 18.1.